The molecular weight excluding hydrogens is 294 g/mol. The lowest BCUT2D eigenvalue weighted by Gasteiger charge is -2.23. The first kappa shape index (κ1) is 18.8. The average Bonchev–Trinajstić information content (AvgIpc) is 2.45. The first-order valence-corrected chi connectivity index (χ1v) is 7.75. The van der Waals surface area contributed by atoms with Gasteiger partial charge >= 0.3 is 6.03 Å². The third-order valence-corrected chi connectivity index (χ3v) is 3.55. The number of carbonyl (C=O) groups excluding carboxylic acids is 2. The van der Waals surface area contributed by atoms with Crippen molar-refractivity contribution in [3.05, 3.63) is 29.3 Å². The molecule has 0 saturated heterocycles. The van der Waals surface area contributed by atoms with Gasteiger partial charge in [0.25, 0.3) is 0 Å². The van der Waals surface area contributed by atoms with Crippen LogP contribution in [0, 0.1) is 12.8 Å². The molecule has 0 bridgehead atoms. The molecule has 0 saturated carbocycles. The Balaban J connectivity index is 2.88. The van der Waals surface area contributed by atoms with Gasteiger partial charge in [0.15, 0.2) is 0 Å². The fourth-order valence-electron chi connectivity index (χ4n) is 2.46. The molecule has 23 heavy (non-hydrogen) atoms. The fraction of sp³-hybridized carbons (Fsp3) is 0.529. The topological polar surface area (TPSA) is 93.4 Å². The Hall–Kier alpha value is -2.24. The summed E-state index contributed by atoms with van der Waals surface area (Å²) in [5, 5.41) is 5.42. The zero-order valence-corrected chi connectivity index (χ0v) is 14.5. The molecule has 0 aliphatic rings. The van der Waals surface area contributed by atoms with Crippen LogP contribution in [0.25, 0.3) is 0 Å². The SMILES string of the molecule is COc1ccc(C)cc1[C@H](C)NC(=O)[C@@H](CC(C)C)NC(N)=O. The van der Waals surface area contributed by atoms with E-state index >= 15 is 0 Å². The summed E-state index contributed by atoms with van der Waals surface area (Å²) in [5.74, 6) is 0.710. The summed E-state index contributed by atoms with van der Waals surface area (Å²) in [6.07, 6.45) is 0.520. The first-order chi connectivity index (χ1) is 10.7. The summed E-state index contributed by atoms with van der Waals surface area (Å²) < 4.78 is 5.35. The smallest absolute Gasteiger partial charge is 0.312 e. The van der Waals surface area contributed by atoms with Crippen LogP contribution in [0.5, 0.6) is 5.75 Å². The first-order valence-electron chi connectivity index (χ1n) is 7.75. The van der Waals surface area contributed by atoms with E-state index in [1.807, 2.05) is 45.9 Å². The Morgan fingerprint density at radius 2 is 1.87 bits per heavy atom. The minimum atomic E-state index is -0.702. The monoisotopic (exact) mass is 321 g/mol. The molecular formula is C17H27N3O3. The number of benzene rings is 1. The van der Waals surface area contributed by atoms with Gasteiger partial charge in [-0.05, 0) is 32.3 Å². The fourth-order valence-corrected chi connectivity index (χ4v) is 2.46. The Kier molecular flexibility index (Phi) is 6.88. The van der Waals surface area contributed by atoms with Gasteiger partial charge in [-0.1, -0.05) is 31.5 Å². The highest BCUT2D eigenvalue weighted by atomic mass is 16.5. The average molecular weight is 321 g/mol. The molecule has 0 aliphatic carbocycles. The zero-order chi connectivity index (χ0) is 17.6. The van der Waals surface area contributed by atoms with Gasteiger partial charge in [0.2, 0.25) is 5.91 Å². The number of methoxy groups -OCH3 is 1. The highest BCUT2D eigenvalue weighted by Gasteiger charge is 2.23. The number of carbonyl (C=O) groups is 2. The molecule has 0 heterocycles. The van der Waals surface area contributed by atoms with Crippen LogP contribution in [0.1, 0.15) is 44.4 Å². The molecule has 2 atom stereocenters. The number of rotatable bonds is 7. The number of urea groups is 1. The highest BCUT2D eigenvalue weighted by Crippen LogP contribution is 2.26. The van der Waals surface area contributed by atoms with Crippen molar-refractivity contribution in [1.82, 2.24) is 10.6 Å². The molecule has 6 nitrogen and oxygen atoms in total. The van der Waals surface area contributed by atoms with Crippen molar-refractivity contribution in [2.75, 3.05) is 7.11 Å². The second-order valence-corrected chi connectivity index (χ2v) is 6.17. The van der Waals surface area contributed by atoms with Gasteiger partial charge in [-0.3, -0.25) is 4.79 Å². The van der Waals surface area contributed by atoms with Crippen LogP contribution in [0.4, 0.5) is 4.79 Å². The van der Waals surface area contributed by atoms with Crippen LogP contribution < -0.4 is 21.1 Å². The summed E-state index contributed by atoms with van der Waals surface area (Å²) in [6, 6.07) is 4.20. The minimum absolute atomic E-state index is 0.248. The number of amides is 3. The van der Waals surface area contributed by atoms with Crippen molar-refractivity contribution >= 4 is 11.9 Å². The lowest BCUT2D eigenvalue weighted by Crippen LogP contribution is -2.49. The molecule has 1 aromatic carbocycles. The van der Waals surface area contributed by atoms with Gasteiger partial charge < -0.3 is 21.1 Å². The van der Waals surface area contributed by atoms with E-state index in [0.717, 1.165) is 11.1 Å². The largest absolute Gasteiger partial charge is 0.496 e. The molecule has 4 N–H and O–H groups in total. The predicted octanol–water partition coefficient (Wildman–Crippen LogP) is 2.26. The van der Waals surface area contributed by atoms with E-state index in [1.165, 1.54) is 0 Å². The standard InChI is InChI=1S/C17H27N3O3/c1-10(2)8-14(20-17(18)22)16(21)19-12(4)13-9-11(3)6-7-15(13)23-5/h6-7,9-10,12,14H,8H2,1-5H3,(H,19,21)(H3,18,20,22)/t12-,14+/m0/s1. The molecule has 3 amide bonds. The van der Waals surface area contributed by atoms with Crippen molar-refractivity contribution in [2.45, 2.75) is 46.2 Å². The number of nitrogens with two attached hydrogens (primary N) is 1. The summed E-state index contributed by atoms with van der Waals surface area (Å²) >= 11 is 0. The number of nitrogens with one attached hydrogen (secondary N) is 2. The molecule has 0 aliphatic heterocycles. The van der Waals surface area contributed by atoms with E-state index in [1.54, 1.807) is 7.11 Å². The Labute approximate surface area is 137 Å². The van der Waals surface area contributed by atoms with Gasteiger partial charge in [0, 0.05) is 5.56 Å². The molecule has 0 radical (unpaired) electrons. The van der Waals surface area contributed by atoms with E-state index in [2.05, 4.69) is 10.6 Å². The quantitative estimate of drug-likeness (QED) is 0.719. The maximum Gasteiger partial charge on any atom is 0.312 e. The number of ether oxygens (including phenoxy) is 1. The highest BCUT2D eigenvalue weighted by molar-refractivity contribution is 5.86. The van der Waals surface area contributed by atoms with Crippen molar-refractivity contribution < 1.29 is 14.3 Å². The molecule has 6 heteroatoms. The van der Waals surface area contributed by atoms with Crippen molar-refractivity contribution in [3.63, 3.8) is 0 Å². The normalized spacial score (nSPS) is 13.3. The number of hydrogen-bond donors (Lipinski definition) is 3. The minimum Gasteiger partial charge on any atom is -0.496 e. The van der Waals surface area contributed by atoms with Gasteiger partial charge in [-0.25, -0.2) is 4.79 Å². The van der Waals surface area contributed by atoms with Crippen LogP contribution >= 0.6 is 0 Å². The number of aryl methyl sites for hydroxylation is 1. The van der Waals surface area contributed by atoms with E-state index in [0.29, 0.717) is 12.2 Å². The van der Waals surface area contributed by atoms with Gasteiger partial charge in [0.1, 0.15) is 11.8 Å². The molecule has 128 valence electrons. The maximum atomic E-state index is 12.5. The van der Waals surface area contributed by atoms with Gasteiger partial charge in [-0.15, -0.1) is 0 Å². The number of primary amides is 1. The molecule has 0 spiro atoms. The van der Waals surface area contributed by atoms with E-state index in [9.17, 15) is 9.59 Å². The van der Waals surface area contributed by atoms with Crippen LogP contribution in [0.3, 0.4) is 0 Å². The molecule has 0 fully saturated rings. The van der Waals surface area contributed by atoms with Crippen molar-refractivity contribution in [1.29, 1.82) is 0 Å². The summed E-state index contributed by atoms with van der Waals surface area (Å²) in [4.78, 5) is 23.6. The second-order valence-electron chi connectivity index (χ2n) is 6.17. The molecule has 1 rings (SSSR count). The predicted molar refractivity (Wildman–Crippen MR) is 90.3 cm³/mol. The molecule has 1 aromatic rings. The van der Waals surface area contributed by atoms with Crippen molar-refractivity contribution in [2.24, 2.45) is 11.7 Å². The maximum absolute atomic E-state index is 12.5. The zero-order valence-electron chi connectivity index (χ0n) is 14.5. The molecule has 0 unspecified atom stereocenters. The lowest BCUT2D eigenvalue weighted by molar-refractivity contribution is -0.123. The van der Waals surface area contributed by atoms with Crippen LogP contribution in [-0.2, 0) is 4.79 Å². The lowest BCUT2D eigenvalue weighted by atomic mass is 10.0. The van der Waals surface area contributed by atoms with E-state index in [4.69, 9.17) is 10.5 Å². The van der Waals surface area contributed by atoms with E-state index < -0.39 is 12.1 Å². The Morgan fingerprint density at radius 1 is 1.22 bits per heavy atom. The van der Waals surface area contributed by atoms with Crippen molar-refractivity contribution in [3.8, 4) is 5.75 Å². The summed E-state index contributed by atoms with van der Waals surface area (Å²) in [5.41, 5.74) is 7.14. The second kappa shape index (κ2) is 8.41. The third kappa shape index (κ3) is 5.81. The van der Waals surface area contributed by atoms with Gasteiger partial charge in [-0.2, -0.15) is 0 Å². The third-order valence-electron chi connectivity index (χ3n) is 3.55. The van der Waals surface area contributed by atoms with Crippen LogP contribution in [-0.4, -0.2) is 25.1 Å². The Bertz CT molecular complexity index is 558. The summed E-state index contributed by atoms with van der Waals surface area (Å²) in [6.45, 7) is 7.82. The van der Waals surface area contributed by atoms with Crippen LogP contribution in [0.15, 0.2) is 18.2 Å². The van der Waals surface area contributed by atoms with E-state index in [-0.39, 0.29) is 17.9 Å². The van der Waals surface area contributed by atoms with Crippen LogP contribution in [0.2, 0.25) is 0 Å². The molecule has 0 aromatic heterocycles. The summed E-state index contributed by atoms with van der Waals surface area (Å²) in [7, 11) is 1.60. The van der Waals surface area contributed by atoms with Gasteiger partial charge in [0.05, 0.1) is 13.2 Å². The number of hydrogen-bond acceptors (Lipinski definition) is 3. The Morgan fingerprint density at radius 3 is 2.39 bits per heavy atom.